The van der Waals surface area contributed by atoms with Crippen LogP contribution in [0.5, 0.6) is 11.5 Å². The van der Waals surface area contributed by atoms with Gasteiger partial charge < -0.3 is 14.8 Å². The van der Waals surface area contributed by atoms with Crippen molar-refractivity contribution in [1.82, 2.24) is 10.3 Å². The number of benzene rings is 1. The highest BCUT2D eigenvalue weighted by Gasteiger charge is 2.12. The predicted molar refractivity (Wildman–Crippen MR) is 82.0 cm³/mol. The van der Waals surface area contributed by atoms with Crippen molar-refractivity contribution in [2.45, 2.75) is 13.2 Å². The van der Waals surface area contributed by atoms with E-state index in [1.165, 1.54) is 6.07 Å². The van der Waals surface area contributed by atoms with Crippen LogP contribution < -0.4 is 14.8 Å². The number of rotatable bonds is 6. The van der Waals surface area contributed by atoms with Gasteiger partial charge in [0.25, 0.3) is 0 Å². The normalized spacial score (nSPS) is 10.5. The summed E-state index contributed by atoms with van der Waals surface area (Å²) < 4.78 is 25.0. The molecule has 0 fully saturated rings. The van der Waals surface area contributed by atoms with Gasteiger partial charge in [-0.1, -0.05) is 0 Å². The molecular weight excluding hydrogens is 339 g/mol. The average molecular weight is 355 g/mol. The van der Waals surface area contributed by atoms with Gasteiger partial charge in [-0.3, -0.25) is 4.98 Å². The Hall–Kier alpha value is -1.66. The van der Waals surface area contributed by atoms with Crippen LogP contribution >= 0.6 is 15.9 Å². The minimum absolute atomic E-state index is 0.213. The zero-order chi connectivity index (χ0) is 15.2. The Morgan fingerprint density at radius 3 is 2.71 bits per heavy atom. The highest BCUT2D eigenvalue weighted by molar-refractivity contribution is 9.10. The molecule has 2 aromatic rings. The SMILES string of the molecule is CNCc1cc(Br)c(OCc2cncc(F)c2)c(OC)c1. The Balaban J connectivity index is 2.19. The Kier molecular flexibility index (Phi) is 5.52. The third-order valence-corrected chi connectivity index (χ3v) is 3.40. The second-order valence-corrected chi connectivity index (χ2v) is 5.29. The number of hydrogen-bond acceptors (Lipinski definition) is 4. The lowest BCUT2D eigenvalue weighted by Crippen LogP contribution is -2.06. The molecule has 21 heavy (non-hydrogen) atoms. The maximum atomic E-state index is 13.1. The van der Waals surface area contributed by atoms with Crippen LogP contribution in [-0.2, 0) is 13.2 Å². The molecule has 112 valence electrons. The van der Waals surface area contributed by atoms with Crippen molar-refractivity contribution >= 4 is 15.9 Å². The Morgan fingerprint density at radius 1 is 1.24 bits per heavy atom. The maximum absolute atomic E-state index is 13.1. The second-order valence-electron chi connectivity index (χ2n) is 4.44. The van der Waals surface area contributed by atoms with E-state index < -0.39 is 0 Å². The van der Waals surface area contributed by atoms with Crippen molar-refractivity contribution in [3.8, 4) is 11.5 Å². The van der Waals surface area contributed by atoms with E-state index in [1.54, 1.807) is 13.3 Å². The number of aromatic nitrogens is 1. The van der Waals surface area contributed by atoms with Crippen molar-refractivity contribution in [2.75, 3.05) is 14.2 Å². The molecule has 1 aromatic heterocycles. The van der Waals surface area contributed by atoms with Crippen LogP contribution in [0.25, 0.3) is 0 Å². The predicted octanol–water partition coefficient (Wildman–Crippen LogP) is 3.29. The Bertz CT molecular complexity index is 623. The number of nitrogens with one attached hydrogen (secondary N) is 1. The average Bonchev–Trinajstić information content (AvgIpc) is 2.46. The molecule has 1 aromatic carbocycles. The summed E-state index contributed by atoms with van der Waals surface area (Å²) in [5, 5.41) is 3.08. The number of ether oxygens (including phenoxy) is 2. The maximum Gasteiger partial charge on any atom is 0.175 e. The number of pyridine rings is 1. The van der Waals surface area contributed by atoms with Gasteiger partial charge in [-0.2, -0.15) is 0 Å². The first-order valence-corrected chi connectivity index (χ1v) is 7.16. The van der Waals surface area contributed by atoms with Gasteiger partial charge in [0.05, 0.1) is 17.8 Å². The molecule has 0 aliphatic rings. The van der Waals surface area contributed by atoms with Gasteiger partial charge in [0.15, 0.2) is 11.5 Å². The van der Waals surface area contributed by atoms with E-state index in [2.05, 4.69) is 26.2 Å². The largest absolute Gasteiger partial charge is 0.493 e. The highest BCUT2D eigenvalue weighted by atomic mass is 79.9. The van der Waals surface area contributed by atoms with Crippen LogP contribution in [0.15, 0.2) is 35.1 Å². The molecule has 0 spiro atoms. The van der Waals surface area contributed by atoms with Crippen molar-refractivity contribution in [1.29, 1.82) is 0 Å². The molecule has 0 bridgehead atoms. The molecule has 1 heterocycles. The van der Waals surface area contributed by atoms with Gasteiger partial charge >= 0.3 is 0 Å². The van der Waals surface area contributed by atoms with Gasteiger partial charge in [-0.25, -0.2) is 4.39 Å². The van der Waals surface area contributed by atoms with E-state index in [1.807, 2.05) is 19.2 Å². The molecule has 0 saturated carbocycles. The van der Waals surface area contributed by atoms with Crippen molar-refractivity contribution in [2.24, 2.45) is 0 Å². The number of methoxy groups -OCH3 is 1. The fraction of sp³-hybridized carbons (Fsp3) is 0.267. The van der Waals surface area contributed by atoms with Crippen molar-refractivity contribution < 1.29 is 13.9 Å². The smallest absolute Gasteiger partial charge is 0.175 e. The van der Waals surface area contributed by atoms with Crippen molar-refractivity contribution in [3.05, 3.63) is 52.0 Å². The molecule has 1 N–H and O–H groups in total. The van der Waals surface area contributed by atoms with Crippen LogP contribution in [0, 0.1) is 5.82 Å². The summed E-state index contributed by atoms with van der Waals surface area (Å²) in [6, 6.07) is 5.25. The van der Waals surface area contributed by atoms with Crippen LogP contribution in [0.4, 0.5) is 4.39 Å². The van der Waals surface area contributed by atoms with E-state index in [0.29, 0.717) is 17.1 Å². The van der Waals surface area contributed by atoms with Crippen LogP contribution in [-0.4, -0.2) is 19.1 Å². The molecule has 0 radical (unpaired) electrons. The van der Waals surface area contributed by atoms with Crippen LogP contribution in [0.2, 0.25) is 0 Å². The molecule has 0 unspecified atom stereocenters. The monoisotopic (exact) mass is 354 g/mol. The Labute approximate surface area is 131 Å². The van der Waals surface area contributed by atoms with E-state index in [-0.39, 0.29) is 12.4 Å². The molecule has 0 amide bonds. The molecule has 0 aliphatic heterocycles. The number of halogens is 2. The number of hydrogen-bond donors (Lipinski definition) is 1. The zero-order valence-corrected chi connectivity index (χ0v) is 13.4. The molecule has 0 atom stereocenters. The van der Waals surface area contributed by atoms with E-state index in [9.17, 15) is 4.39 Å². The quantitative estimate of drug-likeness (QED) is 0.864. The summed E-state index contributed by atoms with van der Waals surface area (Å²) in [6.07, 6.45) is 2.73. The second kappa shape index (κ2) is 7.38. The fourth-order valence-corrected chi connectivity index (χ4v) is 2.51. The summed E-state index contributed by atoms with van der Waals surface area (Å²) in [4.78, 5) is 3.79. The Morgan fingerprint density at radius 2 is 2.05 bits per heavy atom. The third kappa shape index (κ3) is 4.15. The summed E-state index contributed by atoms with van der Waals surface area (Å²) in [5.41, 5.74) is 1.73. The standard InChI is InChI=1S/C15H16BrFN2O2/c1-18-6-10-4-13(16)15(14(5-10)20-2)21-9-11-3-12(17)8-19-7-11/h3-5,7-8,18H,6,9H2,1-2H3. The molecule has 0 aliphatic carbocycles. The lowest BCUT2D eigenvalue weighted by molar-refractivity contribution is 0.281. The van der Waals surface area contributed by atoms with Crippen molar-refractivity contribution in [3.63, 3.8) is 0 Å². The number of nitrogens with zero attached hydrogens (tertiary/aromatic N) is 1. The molecule has 6 heteroatoms. The van der Waals surface area contributed by atoms with Gasteiger partial charge in [-0.05, 0) is 46.7 Å². The van der Waals surface area contributed by atoms with Gasteiger partial charge in [0, 0.05) is 18.3 Å². The first kappa shape index (κ1) is 15.7. The van der Waals surface area contributed by atoms with Crippen LogP contribution in [0.1, 0.15) is 11.1 Å². The van der Waals surface area contributed by atoms with E-state index >= 15 is 0 Å². The highest BCUT2D eigenvalue weighted by Crippen LogP contribution is 2.37. The minimum atomic E-state index is -0.383. The van der Waals surface area contributed by atoms with Gasteiger partial charge in [-0.15, -0.1) is 0 Å². The fourth-order valence-electron chi connectivity index (χ4n) is 1.91. The van der Waals surface area contributed by atoms with E-state index in [0.717, 1.165) is 22.8 Å². The summed E-state index contributed by atoms with van der Waals surface area (Å²) >= 11 is 3.47. The minimum Gasteiger partial charge on any atom is -0.493 e. The molecule has 4 nitrogen and oxygen atoms in total. The van der Waals surface area contributed by atoms with Crippen LogP contribution in [0.3, 0.4) is 0 Å². The zero-order valence-electron chi connectivity index (χ0n) is 11.8. The first-order valence-electron chi connectivity index (χ1n) is 6.37. The van der Waals surface area contributed by atoms with Gasteiger partial charge in [0.2, 0.25) is 0 Å². The summed E-state index contributed by atoms with van der Waals surface area (Å²) in [5.74, 6) is 0.826. The molecule has 0 saturated heterocycles. The molecular formula is C15H16BrFN2O2. The van der Waals surface area contributed by atoms with E-state index in [4.69, 9.17) is 9.47 Å². The molecule has 2 rings (SSSR count). The topological polar surface area (TPSA) is 43.4 Å². The lowest BCUT2D eigenvalue weighted by Gasteiger charge is -2.14. The summed E-state index contributed by atoms with van der Waals surface area (Å²) in [6.45, 7) is 0.939. The first-order chi connectivity index (χ1) is 10.1. The van der Waals surface area contributed by atoms with Gasteiger partial charge in [0.1, 0.15) is 12.4 Å². The summed E-state index contributed by atoms with van der Waals surface area (Å²) in [7, 11) is 3.46. The lowest BCUT2D eigenvalue weighted by atomic mass is 10.2. The third-order valence-electron chi connectivity index (χ3n) is 2.81.